The highest BCUT2D eigenvalue weighted by Gasteiger charge is 2.15. The Balaban J connectivity index is 2.54. The topological polar surface area (TPSA) is 81.3 Å². The zero-order chi connectivity index (χ0) is 18.6. The van der Waals surface area contributed by atoms with Crippen LogP contribution in [0.15, 0.2) is 35.3 Å². The lowest BCUT2D eigenvalue weighted by Gasteiger charge is -2.13. The molecule has 2 aromatic rings. The molecule has 1 aromatic carbocycles. The Morgan fingerprint density at radius 3 is 2.72 bits per heavy atom. The Labute approximate surface area is 145 Å². The molecular weight excluding hydrogens is 358 g/mol. The average molecular weight is 369 g/mol. The van der Waals surface area contributed by atoms with E-state index in [-0.39, 0.29) is 34.0 Å². The van der Waals surface area contributed by atoms with Gasteiger partial charge in [0.05, 0.1) is 19.2 Å². The number of hydrogen-bond acceptors (Lipinski definition) is 5. The molecule has 130 valence electrons. The lowest BCUT2D eigenvalue weighted by molar-refractivity contribution is -0.0505. The molecule has 0 fully saturated rings. The van der Waals surface area contributed by atoms with Crippen molar-refractivity contribution in [1.82, 2.24) is 4.57 Å². The second-order valence-corrected chi connectivity index (χ2v) is 5.25. The van der Waals surface area contributed by atoms with E-state index in [1.807, 2.05) is 0 Å². The number of esters is 1. The van der Waals surface area contributed by atoms with Gasteiger partial charge in [0.15, 0.2) is 0 Å². The number of nitriles is 1. The van der Waals surface area contributed by atoms with E-state index in [2.05, 4.69) is 9.47 Å². The minimum absolute atomic E-state index is 0.0305. The van der Waals surface area contributed by atoms with E-state index in [0.29, 0.717) is 0 Å². The summed E-state index contributed by atoms with van der Waals surface area (Å²) in [4.78, 5) is 23.9. The third-order valence-electron chi connectivity index (χ3n) is 3.21. The third-order valence-corrected chi connectivity index (χ3v) is 3.44. The predicted molar refractivity (Wildman–Crippen MR) is 83.9 cm³/mol. The monoisotopic (exact) mass is 368 g/mol. The first-order valence-corrected chi connectivity index (χ1v) is 7.19. The van der Waals surface area contributed by atoms with Crippen molar-refractivity contribution in [2.75, 3.05) is 7.11 Å². The van der Waals surface area contributed by atoms with E-state index in [0.717, 1.165) is 17.7 Å². The van der Waals surface area contributed by atoms with Gasteiger partial charge in [-0.1, -0.05) is 11.6 Å². The van der Waals surface area contributed by atoms with Crippen LogP contribution in [0.4, 0.5) is 8.78 Å². The number of pyridine rings is 1. The van der Waals surface area contributed by atoms with Crippen LogP contribution in [-0.4, -0.2) is 24.3 Å². The summed E-state index contributed by atoms with van der Waals surface area (Å²) in [7, 11) is 1.15. The van der Waals surface area contributed by atoms with Crippen LogP contribution in [0.25, 0.3) is 0 Å². The average Bonchev–Trinajstić information content (AvgIpc) is 2.58. The Kier molecular flexibility index (Phi) is 5.72. The predicted octanol–water partition coefficient (Wildman–Crippen LogP) is 2.81. The molecule has 25 heavy (non-hydrogen) atoms. The molecule has 0 saturated heterocycles. The number of ether oxygens (including phenoxy) is 2. The van der Waals surface area contributed by atoms with Crippen LogP contribution >= 0.6 is 11.6 Å². The number of rotatable bonds is 5. The Hall–Kier alpha value is -2.92. The number of carbonyl (C=O) groups is 1. The smallest absolute Gasteiger partial charge is 0.387 e. The normalized spacial score (nSPS) is 10.4. The van der Waals surface area contributed by atoms with Crippen molar-refractivity contribution in [3.8, 4) is 11.8 Å². The Morgan fingerprint density at radius 1 is 1.40 bits per heavy atom. The minimum atomic E-state index is -3.06. The summed E-state index contributed by atoms with van der Waals surface area (Å²) in [5.74, 6) is -0.923. The highest BCUT2D eigenvalue weighted by atomic mass is 35.5. The van der Waals surface area contributed by atoms with Gasteiger partial charge in [-0.25, -0.2) is 4.79 Å². The summed E-state index contributed by atoms with van der Waals surface area (Å²) in [5.41, 5.74) is -0.836. The van der Waals surface area contributed by atoms with E-state index in [1.54, 1.807) is 6.07 Å². The van der Waals surface area contributed by atoms with Gasteiger partial charge in [0.25, 0.3) is 5.56 Å². The summed E-state index contributed by atoms with van der Waals surface area (Å²) in [6.07, 6.45) is 1.17. The molecule has 0 N–H and O–H groups in total. The van der Waals surface area contributed by atoms with Crippen LogP contribution in [0.2, 0.25) is 5.02 Å². The number of alkyl halides is 2. The fourth-order valence-corrected chi connectivity index (χ4v) is 2.32. The molecule has 0 unspecified atom stereocenters. The highest BCUT2D eigenvalue weighted by molar-refractivity contribution is 6.30. The molecule has 0 saturated carbocycles. The van der Waals surface area contributed by atoms with E-state index in [4.69, 9.17) is 16.9 Å². The van der Waals surface area contributed by atoms with Gasteiger partial charge in [-0.15, -0.1) is 0 Å². The lowest BCUT2D eigenvalue weighted by Crippen LogP contribution is -2.25. The molecule has 2 rings (SSSR count). The molecular formula is C16H11ClF2N2O4. The van der Waals surface area contributed by atoms with Crippen molar-refractivity contribution in [3.63, 3.8) is 0 Å². The van der Waals surface area contributed by atoms with E-state index < -0.39 is 18.1 Å². The number of methoxy groups -OCH3 is 1. The van der Waals surface area contributed by atoms with Crippen LogP contribution < -0.4 is 10.3 Å². The maximum atomic E-state index is 12.5. The maximum Gasteiger partial charge on any atom is 0.387 e. The van der Waals surface area contributed by atoms with Gasteiger partial charge >= 0.3 is 12.6 Å². The van der Waals surface area contributed by atoms with Crippen LogP contribution in [0.5, 0.6) is 5.75 Å². The Morgan fingerprint density at radius 2 is 2.12 bits per heavy atom. The molecule has 9 heteroatoms. The van der Waals surface area contributed by atoms with E-state index >= 15 is 0 Å². The fraction of sp³-hybridized carbons (Fsp3) is 0.188. The second kappa shape index (κ2) is 7.77. The number of aromatic nitrogens is 1. The maximum absolute atomic E-state index is 12.5. The van der Waals surface area contributed by atoms with Crippen molar-refractivity contribution in [2.45, 2.75) is 13.2 Å². The molecule has 0 amide bonds. The number of nitrogens with zero attached hydrogens (tertiary/aromatic N) is 2. The second-order valence-electron chi connectivity index (χ2n) is 4.81. The summed E-state index contributed by atoms with van der Waals surface area (Å²) in [6, 6.07) is 6.73. The van der Waals surface area contributed by atoms with Crippen molar-refractivity contribution < 1.29 is 23.0 Å². The van der Waals surface area contributed by atoms with Gasteiger partial charge in [-0.3, -0.25) is 4.79 Å². The first kappa shape index (κ1) is 18.4. The number of carbonyl (C=O) groups excluding carboxylic acids is 1. The quantitative estimate of drug-likeness (QED) is 0.758. The number of halogens is 3. The first-order chi connectivity index (χ1) is 11.8. The molecule has 6 nitrogen and oxygen atoms in total. The molecule has 1 aromatic heterocycles. The summed E-state index contributed by atoms with van der Waals surface area (Å²) in [5, 5.41) is 9.29. The molecule has 1 heterocycles. The molecule has 0 atom stereocenters. The molecule has 0 bridgehead atoms. The lowest BCUT2D eigenvalue weighted by atomic mass is 10.1. The molecule has 0 aliphatic heterocycles. The van der Waals surface area contributed by atoms with Crippen LogP contribution in [0.3, 0.4) is 0 Å². The van der Waals surface area contributed by atoms with Gasteiger partial charge in [-0.05, 0) is 24.3 Å². The van der Waals surface area contributed by atoms with E-state index in [1.165, 1.54) is 24.4 Å². The van der Waals surface area contributed by atoms with Gasteiger partial charge in [-0.2, -0.15) is 14.0 Å². The number of hydrogen-bond donors (Lipinski definition) is 0. The zero-order valence-electron chi connectivity index (χ0n) is 12.8. The van der Waals surface area contributed by atoms with Gasteiger partial charge in [0.2, 0.25) is 0 Å². The van der Waals surface area contributed by atoms with Gasteiger partial charge in [0.1, 0.15) is 17.4 Å². The van der Waals surface area contributed by atoms with Crippen molar-refractivity contribution in [3.05, 3.63) is 62.5 Å². The van der Waals surface area contributed by atoms with Gasteiger partial charge < -0.3 is 14.0 Å². The van der Waals surface area contributed by atoms with Crippen LogP contribution in [0, 0.1) is 11.3 Å². The standard InChI is InChI=1S/C16H11ClF2N2O4/c1-24-15(23)11-4-9(6-20)14(22)21(8-11)7-10-5-12(17)2-3-13(10)25-16(18)19/h2-5,8,16H,7H2,1H3. The largest absolute Gasteiger partial charge is 0.465 e. The summed E-state index contributed by atoms with van der Waals surface area (Å²) < 4.78 is 35.0. The van der Waals surface area contributed by atoms with E-state index in [9.17, 15) is 18.4 Å². The summed E-state index contributed by atoms with van der Waals surface area (Å²) >= 11 is 5.87. The van der Waals surface area contributed by atoms with Gasteiger partial charge in [0, 0.05) is 16.8 Å². The highest BCUT2D eigenvalue weighted by Crippen LogP contribution is 2.25. The number of benzene rings is 1. The van der Waals surface area contributed by atoms with Crippen molar-refractivity contribution in [1.29, 1.82) is 5.26 Å². The Bertz CT molecular complexity index is 906. The molecule has 0 spiro atoms. The summed E-state index contributed by atoms with van der Waals surface area (Å²) in [6.45, 7) is -3.30. The van der Waals surface area contributed by atoms with Crippen LogP contribution in [-0.2, 0) is 11.3 Å². The molecule has 0 radical (unpaired) electrons. The van der Waals surface area contributed by atoms with Crippen molar-refractivity contribution in [2.24, 2.45) is 0 Å². The SMILES string of the molecule is COC(=O)c1cc(C#N)c(=O)n(Cc2cc(Cl)ccc2OC(F)F)c1. The van der Waals surface area contributed by atoms with Crippen molar-refractivity contribution >= 4 is 17.6 Å². The first-order valence-electron chi connectivity index (χ1n) is 6.82. The fourth-order valence-electron chi connectivity index (χ4n) is 2.13. The van der Waals surface area contributed by atoms with Crippen LogP contribution in [0.1, 0.15) is 21.5 Å². The third kappa shape index (κ3) is 4.33. The molecule has 0 aliphatic carbocycles. The zero-order valence-corrected chi connectivity index (χ0v) is 13.6. The minimum Gasteiger partial charge on any atom is -0.465 e. The molecule has 0 aliphatic rings.